The fourth-order valence-electron chi connectivity index (χ4n) is 2.24. The van der Waals surface area contributed by atoms with Crippen molar-refractivity contribution >= 4 is 29.3 Å². The van der Waals surface area contributed by atoms with Crippen LogP contribution in [0.2, 0.25) is 0 Å². The van der Waals surface area contributed by atoms with Crippen LogP contribution in [0.15, 0.2) is 48.5 Å². The van der Waals surface area contributed by atoms with E-state index in [1.165, 1.54) is 16.7 Å². The van der Waals surface area contributed by atoms with Gasteiger partial charge in [0.05, 0.1) is 12.4 Å². The summed E-state index contributed by atoms with van der Waals surface area (Å²) in [6, 6.07) is 14.8. The molecule has 5 nitrogen and oxygen atoms in total. The van der Waals surface area contributed by atoms with Crippen molar-refractivity contribution in [3.8, 4) is 5.75 Å². The average molecular weight is 372 g/mol. The molecule has 0 aliphatic carbocycles. The number of benzene rings is 2. The zero-order valence-corrected chi connectivity index (χ0v) is 16.1. The number of thioether (sulfide) groups is 1. The Balaban J connectivity index is 1.68. The lowest BCUT2D eigenvalue weighted by molar-refractivity contribution is -0.113. The molecule has 0 heterocycles. The van der Waals surface area contributed by atoms with Gasteiger partial charge in [-0.1, -0.05) is 12.1 Å². The Labute approximate surface area is 158 Å². The number of hydrogen-bond donors (Lipinski definition) is 1. The van der Waals surface area contributed by atoms with E-state index >= 15 is 0 Å². The summed E-state index contributed by atoms with van der Waals surface area (Å²) in [4.78, 5) is 25.3. The van der Waals surface area contributed by atoms with Crippen molar-refractivity contribution in [2.45, 2.75) is 6.92 Å². The van der Waals surface area contributed by atoms with Gasteiger partial charge in [0.1, 0.15) is 5.75 Å². The molecule has 0 unspecified atom stereocenters. The molecule has 26 heavy (non-hydrogen) atoms. The summed E-state index contributed by atoms with van der Waals surface area (Å²) in [7, 11) is 3.41. The maximum atomic E-state index is 12.0. The standard InChI is InChI=1S/C20H24N2O3S/c1-15-5-4-6-18(13-15)25-11-12-26-14-19(23)21-17-9-7-16(8-10-17)20(24)22(2)3/h4-10,13H,11-12,14H2,1-3H3,(H,21,23). The summed E-state index contributed by atoms with van der Waals surface area (Å²) < 4.78 is 5.65. The zero-order valence-electron chi connectivity index (χ0n) is 15.3. The molecule has 0 aliphatic rings. The first-order valence-electron chi connectivity index (χ1n) is 8.34. The van der Waals surface area contributed by atoms with Crippen molar-refractivity contribution < 1.29 is 14.3 Å². The topological polar surface area (TPSA) is 58.6 Å². The number of rotatable bonds is 8. The van der Waals surface area contributed by atoms with Crippen LogP contribution in [-0.4, -0.2) is 48.9 Å². The molecule has 0 spiro atoms. The number of hydrogen-bond acceptors (Lipinski definition) is 4. The van der Waals surface area contributed by atoms with Gasteiger partial charge in [0.2, 0.25) is 5.91 Å². The highest BCUT2D eigenvalue weighted by Gasteiger charge is 2.08. The second-order valence-electron chi connectivity index (χ2n) is 6.04. The van der Waals surface area contributed by atoms with Crippen molar-refractivity contribution in [1.29, 1.82) is 0 Å². The van der Waals surface area contributed by atoms with E-state index < -0.39 is 0 Å². The van der Waals surface area contributed by atoms with Crippen LogP contribution >= 0.6 is 11.8 Å². The Bertz CT molecular complexity index is 745. The summed E-state index contributed by atoms with van der Waals surface area (Å²) in [6.07, 6.45) is 0. The van der Waals surface area contributed by atoms with Crippen LogP contribution in [0.1, 0.15) is 15.9 Å². The minimum atomic E-state index is -0.0720. The van der Waals surface area contributed by atoms with E-state index in [0.717, 1.165) is 17.1 Å². The molecule has 0 saturated carbocycles. The van der Waals surface area contributed by atoms with Gasteiger partial charge >= 0.3 is 0 Å². The van der Waals surface area contributed by atoms with Gasteiger partial charge in [0.25, 0.3) is 5.91 Å². The van der Waals surface area contributed by atoms with Crippen LogP contribution in [0.5, 0.6) is 5.75 Å². The number of nitrogens with one attached hydrogen (secondary N) is 1. The van der Waals surface area contributed by atoms with E-state index in [4.69, 9.17) is 4.74 Å². The van der Waals surface area contributed by atoms with Gasteiger partial charge in [-0.15, -0.1) is 11.8 Å². The third-order valence-electron chi connectivity index (χ3n) is 3.54. The highest BCUT2D eigenvalue weighted by molar-refractivity contribution is 7.99. The lowest BCUT2D eigenvalue weighted by atomic mass is 10.2. The Kier molecular flexibility index (Phi) is 7.53. The molecule has 2 amide bonds. The molecule has 0 aliphatic heterocycles. The molecule has 0 atom stereocenters. The van der Waals surface area contributed by atoms with Gasteiger partial charge < -0.3 is 15.0 Å². The number of carbonyl (C=O) groups excluding carboxylic acids is 2. The summed E-state index contributed by atoms with van der Waals surface area (Å²) in [5.41, 5.74) is 2.44. The first-order valence-corrected chi connectivity index (χ1v) is 9.50. The molecule has 1 N–H and O–H groups in total. The average Bonchev–Trinajstić information content (AvgIpc) is 2.61. The van der Waals surface area contributed by atoms with Crippen molar-refractivity contribution in [3.63, 3.8) is 0 Å². The van der Waals surface area contributed by atoms with Gasteiger partial charge in [-0.2, -0.15) is 0 Å². The Morgan fingerprint density at radius 1 is 1.12 bits per heavy atom. The van der Waals surface area contributed by atoms with Crippen molar-refractivity contribution in [2.24, 2.45) is 0 Å². The van der Waals surface area contributed by atoms with E-state index in [9.17, 15) is 9.59 Å². The maximum Gasteiger partial charge on any atom is 0.253 e. The van der Waals surface area contributed by atoms with E-state index in [1.807, 2.05) is 31.2 Å². The smallest absolute Gasteiger partial charge is 0.253 e. The van der Waals surface area contributed by atoms with Crippen LogP contribution in [-0.2, 0) is 4.79 Å². The van der Waals surface area contributed by atoms with Gasteiger partial charge in [-0.05, 0) is 48.9 Å². The molecule has 6 heteroatoms. The molecule has 0 bridgehead atoms. The number of nitrogens with zero attached hydrogens (tertiary/aromatic N) is 1. The van der Waals surface area contributed by atoms with Crippen LogP contribution in [0.25, 0.3) is 0 Å². The first kappa shape index (κ1) is 19.8. The fourth-order valence-corrected chi connectivity index (χ4v) is 2.84. The molecule has 0 fully saturated rings. The SMILES string of the molecule is Cc1cccc(OCCSCC(=O)Nc2ccc(C(=O)N(C)C)cc2)c1. The third-order valence-corrected chi connectivity index (χ3v) is 4.46. The predicted molar refractivity (Wildman–Crippen MR) is 107 cm³/mol. The molecular formula is C20H24N2O3S. The number of ether oxygens (including phenoxy) is 1. The summed E-state index contributed by atoms with van der Waals surface area (Å²) in [5.74, 6) is 1.81. The maximum absolute atomic E-state index is 12.0. The Morgan fingerprint density at radius 3 is 2.50 bits per heavy atom. The first-order chi connectivity index (χ1) is 12.5. The molecule has 138 valence electrons. The van der Waals surface area contributed by atoms with Crippen molar-refractivity contribution in [2.75, 3.05) is 37.5 Å². The minimum Gasteiger partial charge on any atom is -0.493 e. The van der Waals surface area contributed by atoms with E-state index in [1.54, 1.807) is 38.4 Å². The van der Waals surface area contributed by atoms with Gasteiger partial charge in [-0.3, -0.25) is 9.59 Å². The van der Waals surface area contributed by atoms with Crippen molar-refractivity contribution in [1.82, 2.24) is 4.90 Å². The van der Waals surface area contributed by atoms with Crippen LogP contribution in [0.3, 0.4) is 0 Å². The van der Waals surface area contributed by atoms with Crippen molar-refractivity contribution in [3.05, 3.63) is 59.7 Å². The number of amides is 2. The highest BCUT2D eigenvalue weighted by Crippen LogP contribution is 2.14. The van der Waals surface area contributed by atoms with Crippen LogP contribution in [0.4, 0.5) is 5.69 Å². The zero-order chi connectivity index (χ0) is 18.9. The number of carbonyl (C=O) groups is 2. The Morgan fingerprint density at radius 2 is 1.85 bits per heavy atom. The molecular weight excluding hydrogens is 348 g/mol. The quantitative estimate of drug-likeness (QED) is 0.721. The molecule has 2 aromatic carbocycles. The second kappa shape index (κ2) is 9.87. The highest BCUT2D eigenvalue weighted by atomic mass is 32.2. The van der Waals surface area contributed by atoms with Crippen LogP contribution in [0, 0.1) is 6.92 Å². The van der Waals surface area contributed by atoms with Crippen LogP contribution < -0.4 is 10.1 Å². The monoisotopic (exact) mass is 372 g/mol. The predicted octanol–water partition coefficient (Wildman–Crippen LogP) is 3.45. The Hall–Kier alpha value is -2.47. The molecule has 0 aromatic heterocycles. The molecule has 0 saturated heterocycles. The van der Waals surface area contributed by atoms with E-state index in [2.05, 4.69) is 5.32 Å². The largest absolute Gasteiger partial charge is 0.493 e. The molecule has 0 radical (unpaired) electrons. The van der Waals surface area contributed by atoms with E-state index in [0.29, 0.717) is 23.6 Å². The summed E-state index contributed by atoms with van der Waals surface area (Å²) >= 11 is 1.52. The lowest BCUT2D eigenvalue weighted by Gasteiger charge is -2.11. The summed E-state index contributed by atoms with van der Waals surface area (Å²) in [6.45, 7) is 2.58. The number of anilines is 1. The summed E-state index contributed by atoms with van der Waals surface area (Å²) in [5, 5.41) is 2.83. The minimum absolute atomic E-state index is 0.0629. The fraction of sp³-hybridized carbons (Fsp3) is 0.300. The van der Waals surface area contributed by atoms with Gasteiger partial charge in [0.15, 0.2) is 0 Å². The normalized spacial score (nSPS) is 10.3. The second-order valence-corrected chi connectivity index (χ2v) is 7.15. The van der Waals surface area contributed by atoms with Gasteiger partial charge in [0, 0.05) is 31.1 Å². The molecule has 2 rings (SSSR count). The third kappa shape index (κ3) is 6.44. The lowest BCUT2D eigenvalue weighted by Crippen LogP contribution is -2.21. The van der Waals surface area contributed by atoms with Gasteiger partial charge in [-0.25, -0.2) is 0 Å². The number of aryl methyl sites for hydroxylation is 1. The van der Waals surface area contributed by atoms with E-state index in [-0.39, 0.29) is 11.8 Å². The molecule has 2 aromatic rings.